The highest BCUT2D eigenvalue weighted by Crippen LogP contribution is 2.40. The molecule has 2 aliphatic heterocycles. The topological polar surface area (TPSA) is 85.1 Å². The van der Waals surface area contributed by atoms with Gasteiger partial charge in [0.15, 0.2) is 0 Å². The Hall–Kier alpha value is -2.28. The second-order valence-corrected chi connectivity index (χ2v) is 5.14. The predicted molar refractivity (Wildman–Crippen MR) is 76.6 cm³/mol. The first kappa shape index (κ1) is 13.7. The van der Waals surface area contributed by atoms with Crippen LogP contribution in [0.5, 0.6) is 5.75 Å². The van der Waals surface area contributed by atoms with E-state index in [9.17, 15) is 9.59 Å². The summed E-state index contributed by atoms with van der Waals surface area (Å²) in [6.45, 7) is 2.07. The first-order valence-corrected chi connectivity index (χ1v) is 6.74. The third-order valence-electron chi connectivity index (χ3n) is 3.91. The van der Waals surface area contributed by atoms with Crippen molar-refractivity contribution in [3.63, 3.8) is 0 Å². The van der Waals surface area contributed by atoms with Gasteiger partial charge in [0.05, 0.1) is 5.69 Å². The first-order chi connectivity index (χ1) is 10.0. The molecule has 21 heavy (non-hydrogen) atoms. The Labute approximate surface area is 122 Å². The lowest BCUT2D eigenvalue weighted by Gasteiger charge is -2.31. The Morgan fingerprint density at radius 2 is 2.29 bits per heavy atom. The van der Waals surface area contributed by atoms with Crippen LogP contribution >= 0.6 is 0 Å². The zero-order chi connectivity index (χ0) is 15.1. The lowest BCUT2D eigenvalue weighted by Crippen LogP contribution is -2.46. The Kier molecular flexibility index (Phi) is 3.21. The molecule has 2 aliphatic rings. The third kappa shape index (κ3) is 2.09. The van der Waals surface area contributed by atoms with Crippen molar-refractivity contribution in [2.24, 2.45) is 5.73 Å². The highest BCUT2D eigenvalue weighted by atomic mass is 16.6. The monoisotopic (exact) mass is 291 g/mol. The van der Waals surface area contributed by atoms with Gasteiger partial charge in [0.1, 0.15) is 24.5 Å². The molecule has 0 spiro atoms. The molecule has 1 fully saturated rings. The number of anilines is 2. The van der Waals surface area contributed by atoms with E-state index in [4.69, 9.17) is 15.2 Å². The molecule has 0 aliphatic carbocycles. The van der Waals surface area contributed by atoms with E-state index >= 15 is 0 Å². The molecule has 0 bridgehead atoms. The van der Waals surface area contributed by atoms with Gasteiger partial charge in [0.2, 0.25) is 5.91 Å². The summed E-state index contributed by atoms with van der Waals surface area (Å²) in [7, 11) is 1.68. The largest absolute Gasteiger partial charge is 0.489 e. The molecular weight excluding hydrogens is 274 g/mol. The summed E-state index contributed by atoms with van der Waals surface area (Å²) in [5, 5.41) is 0. The molecule has 1 aromatic rings. The molecule has 7 heteroatoms. The van der Waals surface area contributed by atoms with E-state index in [2.05, 4.69) is 0 Å². The summed E-state index contributed by atoms with van der Waals surface area (Å²) < 4.78 is 11.0. The van der Waals surface area contributed by atoms with E-state index in [1.807, 2.05) is 0 Å². The second-order valence-electron chi connectivity index (χ2n) is 5.14. The van der Waals surface area contributed by atoms with Crippen LogP contribution in [0.3, 0.4) is 0 Å². The number of carbonyl (C=O) groups is 2. The molecule has 2 atom stereocenters. The smallest absolute Gasteiger partial charge is 0.415 e. The molecule has 0 radical (unpaired) electrons. The van der Waals surface area contributed by atoms with Crippen molar-refractivity contribution >= 4 is 23.4 Å². The fraction of sp³-hybridized carbons (Fsp3) is 0.429. The van der Waals surface area contributed by atoms with Crippen LogP contribution in [0.4, 0.5) is 16.2 Å². The minimum absolute atomic E-state index is 0.0765. The van der Waals surface area contributed by atoms with Crippen LogP contribution < -0.4 is 20.3 Å². The van der Waals surface area contributed by atoms with E-state index < -0.39 is 6.09 Å². The van der Waals surface area contributed by atoms with E-state index in [1.54, 1.807) is 30.1 Å². The number of hydrogen-bond acceptors (Lipinski definition) is 5. The van der Waals surface area contributed by atoms with Crippen molar-refractivity contribution in [2.45, 2.75) is 19.1 Å². The van der Waals surface area contributed by atoms with Crippen LogP contribution in [0.2, 0.25) is 0 Å². The SMILES string of the molecule is CC(=O)N(C)c1ccc2c(c1)OCC1C(CN)OC(=O)N21. The van der Waals surface area contributed by atoms with Gasteiger partial charge in [-0.15, -0.1) is 0 Å². The van der Waals surface area contributed by atoms with Crippen LogP contribution in [0.25, 0.3) is 0 Å². The number of cyclic esters (lactones) is 1. The number of rotatable bonds is 2. The quantitative estimate of drug-likeness (QED) is 0.867. The molecule has 3 rings (SSSR count). The van der Waals surface area contributed by atoms with Crippen LogP contribution in [-0.4, -0.2) is 44.3 Å². The van der Waals surface area contributed by atoms with Crippen LogP contribution in [0.15, 0.2) is 18.2 Å². The predicted octanol–water partition coefficient (Wildman–Crippen LogP) is 0.714. The number of nitrogens with two attached hydrogens (primary N) is 1. The molecule has 0 saturated carbocycles. The fourth-order valence-electron chi connectivity index (χ4n) is 2.61. The van der Waals surface area contributed by atoms with Gasteiger partial charge in [-0.2, -0.15) is 0 Å². The maximum atomic E-state index is 12.0. The van der Waals surface area contributed by atoms with Crippen LogP contribution in [0, 0.1) is 0 Å². The number of fused-ring (bicyclic) bond motifs is 3. The van der Waals surface area contributed by atoms with Gasteiger partial charge in [-0.1, -0.05) is 0 Å². The number of benzene rings is 1. The van der Waals surface area contributed by atoms with Crippen molar-refractivity contribution in [1.82, 2.24) is 0 Å². The molecule has 2 amide bonds. The highest BCUT2D eigenvalue weighted by Gasteiger charge is 2.45. The van der Waals surface area contributed by atoms with Gasteiger partial charge in [-0.25, -0.2) is 4.79 Å². The average Bonchev–Trinajstić information content (AvgIpc) is 2.82. The van der Waals surface area contributed by atoms with E-state index in [1.165, 1.54) is 11.8 Å². The highest BCUT2D eigenvalue weighted by molar-refractivity contribution is 5.95. The normalized spacial score (nSPS) is 23.0. The molecule has 0 aromatic heterocycles. The molecule has 2 heterocycles. The number of ether oxygens (including phenoxy) is 2. The molecule has 1 saturated heterocycles. The van der Waals surface area contributed by atoms with Crippen LogP contribution in [0.1, 0.15) is 6.92 Å². The maximum absolute atomic E-state index is 12.0. The lowest BCUT2D eigenvalue weighted by atomic mass is 10.1. The molecule has 7 nitrogen and oxygen atoms in total. The van der Waals surface area contributed by atoms with Gasteiger partial charge in [0.25, 0.3) is 0 Å². The van der Waals surface area contributed by atoms with Crippen LogP contribution in [-0.2, 0) is 9.53 Å². The van der Waals surface area contributed by atoms with Gasteiger partial charge < -0.3 is 20.1 Å². The Bertz CT molecular complexity index is 604. The zero-order valence-electron chi connectivity index (χ0n) is 11.9. The van der Waals surface area contributed by atoms with Gasteiger partial charge in [0, 0.05) is 32.3 Å². The molecular formula is C14H17N3O4. The zero-order valence-corrected chi connectivity index (χ0v) is 11.9. The number of hydrogen-bond donors (Lipinski definition) is 1. The van der Waals surface area contributed by atoms with Gasteiger partial charge in [-0.05, 0) is 12.1 Å². The standard InChI is InChI=1S/C14H17N3O4/c1-8(18)16(2)9-3-4-10-12(5-9)20-7-11-13(6-15)21-14(19)17(10)11/h3-5,11,13H,6-7,15H2,1-2H3. The molecule has 112 valence electrons. The van der Waals surface area contributed by atoms with Crippen molar-refractivity contribution < 1.29 is 19.1 Å². The maximum Gasteiger partial charge on any atom is 0.415 e. The molecule has 2 unspecified atom stereocenters. The fourth-order valence-corrected chi connectivity index (χ4v) is 2.61. The van der Waals surface area contributed by atoms with Gasteiger partial charge in [-0.3, -0.25) is 9.69 Å². The minimum atomic E-state index is -0.410. The van der Waals surface area contributed by atoms with Crippen molar-refractivity contribution in [1.29, 1.82) is 0 Å². The van der Waals surface area contributed by atoms with E-state index in [0.29, 0.717) is 23.7 Å². The first-order valence-electron chi connectivity index (χ1n) is 6.74. The number of carbonyl (C=O) groups excluding carboxylic acids is 2. The lowest BCUT2D eigenvalue weighted by molar-refractivity contribution is -0.116. The Morgan fingerprint density at radius 3 is 2.95 bits per heavy atom. The summed E-state index contributed by atoms with van der Waals surface area (Å²) in [6.07, 6.45) is -0.766. The van der Waals surface area contributed by atoms with E-state index in [-0.39, 0.29) is 24.6 Å². The van der Waals surface area contributed by atoms with Gasteiger partial charge >= 0.3 is 6.09 Å². The van der Waals surface area contributed by atoms with Crippen molar-refractivity contribution in [3.8, 4) is 5.75 Å². The summed E-state index contributed by atoms with van der Waals surface area (Å²) >= 11 is 0. The summed E-state index contributed by atoms with van der Waals surface area (Å²) in [5.41, 5.74) is 6.97. The Balaban J connectivity index is 1.96. The minimum Gasteiger partial charge on any atom is -0.489 e. The third-order valence-corrected chi connectivity index (χ3v) is 3.91. The Morgan fingerprint density at radius 1 is 1.52 bits per heavy atom. The molecule has 1 aromatic carbocycles. The average molecular weight is 291 g/mol. The van der Waals surface area contributed by atoms with Crippen molar-refractivity contribution in [2.75, 3.05) is 30.0 Å². The summed E-state index contributed by atoms with van der Waals surface area (Å²) in [4.78, 5) is 26.5. The van der Waals surface area contributed by atoms with E-state index in [0.717, 1.165) is 0 Å². The summed E-state index contributed by atoms with van der Waals surface area (Å²) in [5.74, 6) is 0.485. The molecule has 2 N–H and O–H groups in total. The number of amides is 2. The number of nitrogens with zero attached hydrogens (tertiary/aromatic N) is 2. The van der Waals surface area contributed by atoms with Crippen molar-refractivity contribution in [3.05, 3.63) is 18.2 Å². The second kappa shape index (κ2) is 4.92. The summed E-state index contributed by atoms with van der Waals surface area (Å²) in [6, 6.07) is 5.08.